The van der Waals surface area contributed by atoms with E-state index in [1.807, 2.05) is 13.8 Å². The molecule has 21 heavy (non-hydrogen) atoms. The highest BCUT2D eigenvalue weighted by molar-refractivity contribution is 7.91. The molecule has 118 valence electrons. The maximum Gasteiger partial charge on any atom is 0.227 e. The van der Waals surface area contributed by atoms with Crippen LogP contribution >= 0.6 is 0 Å². The fourth-order valence-electron chi connectivity index (χ4n) is 2.78. The van der Waals surface area contributed by atoms with Gasteiger partial charge >= 0.3 is 0 Å². The minimum absolute atomic E-state index is 0.0478. The third-order valence-electron chi connectivity index (χ3n) is 3.94. The van der Waals surface area contributed by atoms with Gasteiger partial charge in [-0.1, -0.05) is 12.1 Å². The van der Waals surface area contributed by atoms with Crippen molar-refractivity contribution in [2.75, 3.05) is 18.1 Å². The maximum atomic E-state index is 12.6. The van der Waals surface area contributed by atoms with Crippen LogP contribution in [-0.4, -0.2) is 48.5 Å². The molecule has 1 aromatic heterocycles. The van der Waals surface area contributed by atoms with Gasteiger partial charge < -0.3 is 9.42 Å². The van der Waals surface area contributed by atoms with Crippen molar-refractivity contribution in [3.05, 3.63) is 17.0 Å². The number of carbonyl (C=O) groups is 1. The van der Waals surface area contributed by atoms with Crippen molar-refractivity contribution in [1.82, 2.24) is 10.1 Å². The number of hydrogen-bond acceptors (Lipinski definition) is 5. The van der Waals surface area contributed by atoms with Crippen LogP contribution in [0.2, 0.25) is 0 Å². The highest BCUT2D eigenvalue weighted by Crippen LogP contribution is 2.21. The van der Waals surface area contributed by atoms with Crippen LogP contribution in [0, 0.1) is 13.8 Å². The third kappa shape index (κ3) is 3.64. The van der Waals surface area contributed by atoms with Gasteiger partial charge in [0.2, 0.25) is 5.91 Å². The Morgan fingerprint density at radius 1 is 1.43 bits per heavy atom. The van der Waals surface area contributed by atoms with Gasteiger partial charge in [-0.3, -0.25) is 4.79 Å². The van der Waals surface area contributed by atoms with Gasteiger partial charge in [-0.25, -0.2) is 8.42 Å². The monoisotopic (exact) mass is 314 g/mol. The molecular weight excluding hydrogens is 292 g/mol. The molecule has 1 aromatic rings. The summed E-state index contributed by atoms with van der Waals surface area (Å²) in [5.74, 6) is 0.862. The van der Waals surface area contributed by atoms with Gasteiger partial charge in [0.05, 0.1) is 23.6 Å². The summed E-state index contributed by atoms with van der Waals surface area (Å²) in [6, 6.07) is -0.192. The minimum Gasteiger partial charge on any atom is -0.361 e. The molecular formula is C14H22N2O4S. The van der Waals surface area contributed by atoms with E-state index in [2.05, 4.69) is 5.16 Å². The van der Waals surface area contributed by atoms with Gasteiger partial charge in [0.1, 0.15) is 5.76 Å². The van der Waals surface area contributed by atoms with Crippen LogP contribution in [0.1, 0.15) is 36.8 Å². The molecule has 1 amide bonds. The van der Waals surface area contributed by atoms with Crippen molar-refractivity contribution in [1.29, 1.82) is 0 Å². The zero-order chi connectivity index (χ0) is 15.6. The summed E-state index contributed by atoms with van der Waals surface area (Å²) >= 11 is 0. The van der Waals surface area contributed by atoms with Crippen molar-refractivity contribution in [3.63, 3.8) is 0 Å². The van der Waals surface area contributed by atoms with Gasteiger partial charge in [0.25, 0.3) is 0 Å². The van der Waals surface area contributed by atoms with Crippen molar-refractivity contribution < 1.29 is 17.7 Å². The Morgan fingerprint density at radius 2 is 2.14 bits per heavy atom. The summed E-state index contributed by atoms with van der Waals surface area (Å²) in [5.41, 5.74) is 1.53. The van der Waals surface area contributed by atoms with Gasteiger partial charge in [-0.05, 0) is 26.7 Å². The highest BCUT2D eigenvalue weighted by Gasteiger charge is 2.34. The molecule has 2 heterocycles. The summed E-state index contributed by atoms with van der Waals surface area (Å²) in [5, 5.41) is 3.85. The van der Waals surface area contributed by atoms with E-state index < -0.39 is 9.84 Å². The van der Waals surface area contributed by atoms with Crippen LogP contribution in [0.4, 0.5) is 0 Å². The van der Waals surface area contributed by atoms with Crippen LogP contribution in [0.5, 0.6) is 0 Å². The van der Waals surface area contributed by atoms with Crippen LogP contribution in [0.15, 0.2) is 4.52 Å². The Bertz CT molecular complexity index is 601. The Morgan fingerprint density at radius 3 is 2.62 bits per heavy atom. The molecule has 0 bridgehead atoms. The fourth-order valence-corrected chi connectivity index (χ4v) is 4.51. The van der Waals surface area contributed by atoms with Crippen LogP contribution in [0.3, 0.4) is 0 Å². The fraction of sp³-hybridized carbons (Fsp3) is 0.714. The van der Waals surface area contributed by atoms with Crippen molar-refractivity contribution in [2.45, 2.75) is 46.1 Å². The first kappa shape index (κ1) is 16.0. The SMILES string of the molecule is CCCN(C(=O)Cc1c(C)noc1C)C1CCS(=O)(=O)C1. The molecule has 1 aliphatic heterocycles. The lowest BCUT2D eigenvalue weighted by Crippen LogP contribution is -2.42. The number of rotatable bonds is 5. The van der Waals surface area contributed by atoms with E-state index in [4.69, 9.17) is 4.52 Å². The number of nitrogens with zero attached hydrogens (tertiary/aromatic N) is 2. The van der Waals surface area contributed by atoms with E-state index in [0.29, 0.717) is 18.7 Å². The molecule has 1 unspecified atom stereocenters. The Balaban J connectivity index is 2.13. The van der Waals surface area contributed by atoms with Crippen molar-refractivity contribution >= 4 is 15.7 Å². The maximum absolute atomic E-state index is 12.6. The zero-order valence-corrected chi connectivity index (χ0v) is 13.6. The molecule has 2 rings (SSSR count). The van der Waals surface area contributed by atoms with E-state index in [1.54, 1.807) is 11.8 Å². The van der Waals surface area contributed by atoms with Crippen molar-refractivity contribution in [2.24, 2.45) is 0 Å². The van der Waals surface area contributed by atoms with Crippen LogP contribution in [0.25, 0.3) is 0 Å². The number of aromatic nitrogens is 1. The lowest BCUT2D eigenvalue weighted by atomic mass is 10.1. The zero-order valence-electron chi connectivity index (χ0n) is 12.8. The third-order valence-corrected chi connectivity index (χ3v) is 5.69. The lowest BCUT2D eigenvalue weighted by Gasteiger charge is -2.28. The molecule has 0 radical (unpaired) electrons. The first-order chi connectivity index (χ1) is 9.84. The molecule has 7 heteroatoms. The number of amides is 1. The molecule has 0 N–H and O–H groups in total. The highest BCUT2D eigenvalue weighted by atomic mass is 32.2. The molecule has 0 aromatic carbocycles. The standard InChI is InChI=1S/C14H22N2O4S/c1-4-6-16(12-5-7-21(18,19)9-12)14(17)8-13-10(2)15-20-11(13)3/h12H,4-9H2,1-3H3. The average Bonchev–Trinajstić information content (AvgIpc) is 2.92. The smallest absolute Gasteiger partial charge is 0.227 e. The quantitative estimate of drug-likeness (QED) is 0.817. The lowest BCUT2D eigenvalue weighted by molar-refractivity contribution is -0.132. The molecule has 1 fully saturated rings. The first-order valence-corrected chi connectivity index (χ1v) is 9.08. The normalized spacial score (nSPS) is 20.6. The predicted octanol–water partition coefficient (Wildman–Crippen LogP) is 1.26. The van der Waals surface area contributed by atoms with Crippen molar-refractivity contribution in [3.8, 4) is 0 Å². The summed E-state index contributed by atoms with van der Waals surface area (Å²) in [6.07, 6.45) is 1.57. The van der Waals surface area contributed by atoms with Gasteiger partial charge in [-0.15, -0.1) is 0 Å². The minimum atomic E-state index is -3.00. The predicted molar refractivity (Wildman–Crippen MR) is 78.7 cm³/mol. The molecule has 6 nitrogen and oxygen atoms in total. The summed E-state index contributed by atoms with van der Waals surface area (Å²) in [4.78, 5) is 14.3. The second-order valence-corrected chi connectivity index (χ2v) is 7.85. The number of sulfone groups is 1. The topological polar surface area (TPSA) is 80.5 Å². The van der Waals surface area contributed by atoms with E-state index in [9.17, 15) is 13.2 Å². The number of aryl methyl sites for hydroxylation is 2. The van der Waals surface area contributed by atoms with E-state index >= 15 is 0 Å². The first-order valence-electron chi connectivity index (χ1n) is 7.25. The summed E-state index contributed by atoms with van der Waals surface area (Å²) in [7, 11) is -3.00. The molecule has 0 aliphatic carbocycles. The van der Waals surface area contributed by atoms with Crippen LogP contribution < -0.4 is 0 Å². The summed E-state index contributed by atoms with van der Waals surface area (Å²) < 4.78 is 28.3. The average molecular weight is 314 g/mol. The molecule has 0 saturated carbocycles. The Hall–Kier alpha value is -1.37. The Labute approximate surface area is 125 Å². The molecule has 1 atom stereocenters. The number of hydrogen-bond donors (Lipinski definition) is 0. The summed E-state index contributed by atoms with van der Waals surface area (Å²) in [6.45, 7) is 6.16. The second kappa shape index (κ2) is 6.17. The van der Waals surface area contributed by atoms with Gasteiger partial charge in [0, 0.05) is 18.2 Å². The van der Waals surface area contributed by atoms with E-state index in [1.165, 1.54) is 0 Å². The Kier molecular flexibility index (Phi) is 4.70. The second-order valence-electron chi connectivity index (χ2n) is 5.62. The van der Waals surface area contributed by atoms with E-state index in [-0.39, 0.29) is 29.9 Å². The largest absolute Gasteiger partial charge is 0.361 e. The number of carbonyl (C=O) groups excluding carboxylic acids is 1. The van der Waals surface area contributed by atoms with Crippen LogP contribution in [-0.2, 0) is 21.1 Å². The molecule has 0 spiro atoms. The van der Waals surface area contributed by atoms with Gasteiger partial charge in [-0.2, -0.15) is 0 Å². The molecule has 1 aliphatic rings. The van der Waals surface area contributed by atoms with E-state index in [0.717, 1.165) is 17.7 Å². The molecule has 1 saturated heterocycles. The van der Waals surface area contributed by atoms with Gasteiger partial charge in [0.15, 0.2) is 9.84 Å².